The summed E-state index contributed by atoms with van der Waals surface area (Å²) in [6.07, 6.45) is 4.41. The van der Waals surface area contributed by atoms with Crippen LogP contribution in [0.5, 0.6) is 0 Å². The van der Waals surface area contributed by atoms with Crippen molar-refractivity contribution < 1.29 is 9.59 Å². The van der Waals surface area contributed by atoms with Gasteiger partial charge in [0.25, 0.3) is 0 Å². The Morgan fingerprint density at radius 2 is 2.10 bits per heavy atom. The molecule has 1 aliphatic heterocycles. The fraction of sp³-hybridized carbons (Fsp3) is 0.214. The minimum atomic E-state index is -0.424. The van der Waals surface area contributed by atoms with E-state index < -0.39 is 6.04 Å². The van der Waals surface area contributed by atoms with Gasteiger partial charge in [-0.15, -0.1) is 0 Å². The molecule has 0 radical (unpaired) electrons. The summed E-state index contributed by atoms with van der Waals surface area (Å²) >= 11 is 0. The number of nitrogens with zero attached hydrogens (tertiary/aromatic N) is 1. The van der Waals surface area contributed by atoms with Gasteiger partial charge in [0.2, 0.25) is 11.8 Å². The standard InChI is InChI=1S/C14H14N4O2/c19-12-6-5-11(18-12)14(20)17-10-3-1-9(2-4-10)13-15-7-8-16-13/h1-4,7-8,11H,5-6H2,(H,15,16)(H,17,20)(H,18,19). The monoisotopic (exact) mass is 270 g/mol. The smallest absolute Gasteiger partial charge is 0.246 e. The summed E-state index contributed by atoms with van der Waals surface area (Å²) < 4.78 is 0. The number of amides is 2. The predicted octanol–water partition coefficient (Wildman–Crippen LogP) is 1.29. The van der Waals surface area contributed by atoms with Crippen molar-refractivity contribution in [2.45, 2.75) is 18.9 Å². The normalized spacial score (nSPS) is 17.8. The quantitative estimate of drug-likeness (QED) is 0.785. The third-order valence-corrected chi connectivity index (χ3v) is 3.24. The number of rotatable bonds is 3. The Hall–Kier alpha value is -2.63. The van der Waals surface area contributed by atoms with Crippen LogP contribution in [0.1, 0.15) is 12.8 Å². The summed E-state index contributed by atoms with van der Waals surface area (Å²) in [5, 5.41) is 5.43. The van der Waals surface area contributed by atoms with Gasteiger partial charge in [-0.2, -0.15) is 0 Å². The Bertz CT molecular complexity index is 619. The second-order valence-corrected chi connectivity index (χ2v) is 4.66. The molecule has 20 heavy (non-hydrogen) atoms. The van der Waals surface area contributed by atoms with E-state index in [0.29, 0.717) is 18.5 Å². The molecule has 0 bridgehead atoms. The van der Waals surface area contributed by atoms with Gasteiger partial charge in [-0.1, -0.05) is 0 Å². The van der Waals surface area contributed by atoms with Crippen LogP contribution in [0.2, 0.25) is 0 Å². The third-order valence-electron chi connectivity index (χ3n) is 3.24. The van der Waals surface area contributed by atoms with Gasteiger partial charge in [0.1, 0.15) is 11.9 Å². The first-order valence-electron chi connectivity index (χ1n) is 6.42. The predicted molar refractivity (Wildman–Crippen MR) is 73.8 cm³/mol. The molecule has 2 amide bonds. The lowest BCUT2D eigenvalue weighted by molar-refractivity contribution is -0.122. The number of aromatic amines is 1. The highest BCUT2D eigenvalue weighted by Gasteiger charge is 2.26. The molecule has 6 nitrogen and oxygen atoms in total. The first kappa shape index (κ1) is 12.4. The fourth-order valence-corrected chi connectivity index (χ4v) is 2.17. The summed E-state index contributed by atoms with van der Waals surface area (Å²) in [5.41, 5.74) is 1.65. The first-order chi connectivity index (χ1) is 9.72. The van der Waals surface area contributed by atoms with Crippen molar-refractivity contribution in [3.05, 3.63) is 36.7 Å². The van der Waals surface area contributed by atoms with Crippen molar-refractivity contribution >= 4 is 17.5 Å². The highest BCUT2D eigenvalue weighted by atomic mass is 16.2. The Kier molecular flexibility index (Phi) is 3.20. The lowest BCUT2D eigenvalue weighted by Crippen LogP contribution is -2.37. The van der Waals surface area contributed by atoms with Crippen LogP contribution in [0.15, 0.2) is 36.7 Å². The molecule has 3 rings (SSSR count). The van der Waals surface area contributed by atoms with Gasteiger partial charge in [0.15, 0.2) is 0 Å². The van der Waals surface area contributed by atoms with E-state index in [1.165, 1.54) is 0 Å². The van der Waals surface area contributed by atoms with Gasteiger partial charge in [-0.25, -0.2) is 4.98 Å². The summed E-state index contributed by atoms with van der Waals surface area (Å²) in [6.45, 7) is 0. The number of hydrogen-bond donors (Lipinski definition) is 3. The van der Waals surface area contributed by atoms with Crippen molar-refractivity contribution in [1.29, 1.82) is 0 Å². The van der Waals surface area contributed by atoms with Crippen LogP contribution in [0, 0.1) is 0 Å². The van der Waals surface area contributed by atoms with Crippen molar-refractivity contribution in [2.75, 3.05) is 5.32 Å². The number of H-pyrrole nitrogens is 1. The molecule has 6 heteroatoms. The number of carbonyl (C=O) groups is 2. The summed E-state index contributed by atoms with van der Waals surface area (Å²) in [6, 6.07) is 6.95. The van der Waals surface area contributed by atoms with E-state index in [9.17, 15) is 9.59 Å². The van der Waals surface area contributed by atoms with Crippen molar-refractivity contribution in [3.8, 4) is 11.4 Å². The Morgan fingerprint density at radius 3 is 2.70 bits per heavy atom. The van der Waals surface area contributed by atoms with Crippen LogP contribution in [-0.4, -0.2) is 27.8 Å². The second-order valence-electron chi connectivity index (χ2n) is 4.66. The van der Waals surface area contributed by atoms with Crippen LogP contribution in [0.3, 0.4) is 0 Å². The lowest BCUT2D eigenvalue weighted by Gasteiger charge is -2.11. The molecule has 1 saturated heterocycles. The van der Waals surface area contributed by atoms with Crippen LogP contribution < -0.4 is 10.6 Å². The topological polar surface area (TPSA) is 86.9 Å². The maximum Gasteiger partial charge on any atom is 0.246 e. The molecule has 2 aromatic rings. The van der Waals surface area contributed by atoms with E-state index in [2.05, 4.69) is 20.6 Å². The van der Waals surface area contributed by atoms with Gasteiger partial charge in [0.05, 0.1) is 0 Å². The average molecular weight is 270 g/mol. The average Bonchev–Trinajstić information content (AvgIpc) is 3.10. The van der Waals surface area contributed by atoms with Crippen LogP contribution in [-0.2, 0) is 9.59 Å². The van der Waals surface area contributed by atoms with Crippen LogP contribution in [0.4, 0.5) is 5.69 Å². The van der Waals surface area contributed by atoms with Crippen molar-refractivity contribution in [3.63, 3.8) is 0 Å². The maximum atomic E-state index is 11.9. The molecular weight excluding hydrogens is 256 g/mol. The Labute approximate surface area is 115 Å². The fourth-order valence-electron chi connectivity index (χ4n) is 2.17. The SMILES string of the molecule is O=C1CCC(C(=O)Nc2ccc(-c3ncc[nH]3)cc2)N1. The highest BCUT2D eigenvalue weighted by molar-refractivity contribution is 5.99. The number of nitrogens with one attached hydrogen (secondary N) is 3. The minimum Gasteiger partial charge on any atom is -0.345 e. The molecule has 1 aromatic heterocycles. The number of hydrogen-bond acceptors (Lipinski definition) is 3. The molecule has 0 saturated carbocycles. The molecule has 102 valence electrons. The molecular formula is C14H14N4O2. The Balaban J connectivity index is 1.66. The van der Waals surface area contributed by atoms with Crippen molar-refractivity contribution in [2.24, 2.45) is 0 Å². The lowest BCUT2D eigenvalue weighted by atomic mass is 10.1. The number of aromatic nitrogens is 2. The number of imidazole rings is 1. The minimum absolute atomic E-state index is 0.0710. The van der Waals surface area contributed by atoms with Gasteiger partial charge in [0, 0.05) is 30.1 Å². The molecule has 1 aliphatic rings. The molecule has 1 atom stereocenters. The molecule has 0 aliphatic carbocycles. The highest BCUT2D eigenvalue weighted by Crippen LogP contribution is 2.18. The summed E-state index contributed by atoms with van der Waals surface area (Å²) in [7, 11) is 0. The first-order valence-corrected chi connectivity index (χ1v) is 6.42. The number of anilines is 1. The van der Waals surface area contributed by atoms with E-state index in [1.54, 1.807) is 12.4 Å². The number of carbonyl (C=O) groups excluding carboxylic acids is 2. The van der Waals surface area contributed by atoms with E-state index in [-0.39, 0.29) is 11.8 Å². The Morgan fingerprint density at radius 1 is 1.30 bits per heavy atom. The van der Waals surface area contributed by atoms with Gasteiger partial charge in [-0.3, -0.25) is 9.59 Å². The van der Waals surface area contributed by atoms with Gasteiger partial charge >= 0.3 is 0 Å². The second kappa shape index (κ2) is 5.16. The van der Waals surface area contributed by atoms with E-state index in [4.69, 9.17) is 0 Å². The largest absolute Gasteiger partial charge is 0.345 e. The van der Waals surface area contributed by atoms with Crippen LogP contribution >= 0.6 is 0 Å². The van der Waals surface area contributed by atoms with Gasteiger partial charge in [-0.05, 0) is 30.7 Å². The zero-order valence-electron chi connectivity index (χ0n) is 10.7. The molecule has 3 N–H and O–H groups in total. The molecule has 1 unspecified atom stereocenters. The van der Waals surface area contributed by atoms with E-state index in [1.807, 2.05) is 24.3 Å². The van der Waals surface area contributed by atoms with Crippen LogP contribution in [0.25, 0.3) is 11.4 Å². The van der Waals surface area contributed by atoms with Gasteiger partial charge < -0.3 is 15.6 Å². The summed E-state index contributed by atoms with van der Waals surface area (Å²) in [5.74, 6) is 0.533. The molecule has 2 heterocycles. The maximum absolute atomic E-state index is 11.9. The molecule has 1 aromatic carbocycles. The van der Waals surface area contributed by atoms with E-state index in [0.717, 1.165) is 11.4 Å². The zero-order chi connectivity index (χ0) is 13.9. The van der Waals surface area contributed by atoms with E-state index >= 15 is 0 Å². The number of benzene rings is 1. The zero-order valence-corrected chi connectivity index (χ0v) is 10.7. The van der Waals surface area contributed by atoms with Crippen molar-refractivity contribution in [1.82, 2.24) is 15.3 Å². The summed E-state index contributed by atoms with van der Waals surface area (Å²) in [4.78, 5) is 30.2. The molecule has 1 fully saturated rings. The third kappa shape index (κ3) is 2.54. The molecule has 0 spiro atoms.